The second-order valence-electron chi connectivity index (χ2n) is 5.43. The molecule has 0 fully saturated rings. The van der Waals surface area contributed by atoms with Gasteiger partial charge >= 0.3 is 0 Å². The molecule has 0 spiro atoms. The van der Waals surface area contributed by atoms with Crippen LogP contribution in [0.3, 0.4) is 0 Å². The highest BCUT2D eigenvalue weighted by molar-refractivity contribution is 9.10. The van der Waals surface area contributed by atoms with Crippen LogP contribution < -0.4 is 0 Å². The highest BCUT2D eigenvalue weighted by Gasteiger charge is 2.09. The van der Waals surface area contributed by atoms with Crippen molar-refractivity contribution in [1.82, 2.24) is 9.78 Å². The maximum absolute atomic E-state index is 4.54. The Labute approximate surface area is 133 Å². The molecule has 0 aliphatic heterocycles. The summed E-state index contributed by atoms with van der Waals surface area (Å²) < 4.78 is 3.06. The molecule has 0 unspecified atom stereocenters. The largest absolute Gasteiger partial charge is 0.240 e. The van der Waals surface area contributed by atoms with Gasteiger partial charge in [-0.2, -0.15) is 5.10 Å². The summed E-state index contributed by atoms with van der Waals surface area (Å²) in [4.78, 5) is 0. The quantitative estimate of drug-likeness (QED) is 0.624. The van der Waals surface area contributed by atoms with Crippen molar-refractivity contribution in [2.75, 3.05) is 0 Å². The van der Waals surface area contributed by atoms with E-state index in [-0.39, 0.29) is 0 Å². The Morgan fingerprint density at radius 1 is 0.905 bits per heavy atom. The maximum Gasteiger partial charge on any atom is 0.0704 e. The van der Waals surface area contributed by atoms with E-state index in [2.05, 4.69) is 84.4 Å². The van der Waals surface area contributed by atoms with Crippen LogP contribution in [0.15, 0.2) is 53.3 Å². The maximum atomic E-state index is 4.54. The van der Waals surface area contributed by atoms with Crippen molar-refractivity contribution in [2.24, 2.45) is 0 Å². The van der Waals surface area contributed by atoms with Gasteiger partial charge in [-0.05, 0) is 49.6 Å². The molecule has 106 valence electrons. The SMILES string of the molecule is Cc1cc(C)c(-n2cc(-c3ccc(Br)cc3)cn2)c(C)c1. The summed E-state index contributed by atoms with van der Waals surface area (Å²) in [6, 6.07) is 12.7. The number of rotatable bonds is 2. The molecule has 0 radical (unpaired) electrons. The molecule has 3 heteroatoms. The van der Waals surface area contributed by atoms with Crippen LogP contribution >= 0.6 is 15.9 Å². The van der Waals surface area contributed by atoms with Crippen LogP contribution in [0.4, 0.5) is 0 Å². The molecule has 21 heavy (non-hydrogen) atoms. The second kappa shape index (κ2) is 5.49. The van der Waals surface area contributed by atoms with E-state index < -0.39 is 0 Å². The number of hydrogen-bond acceptors (Lipinski definition) is 1. The van der Waals surface area contributed by atoms with E-state index in [1.807, 2.05) is 10.9 Å². The molecule has 1 heterocycles. The van der Waals surface area contributed by atoms with Crippen molar-refractivity contribution in [3.63, 3.8) is 0 Å². The highest BCUT2D eigenvalue weighted by atomic mass is 79.9. The van der Waals surface area contributed by atoms with Gasteiger partial charge in [0.1, 0.15) is 0 Å². The fourth-order valence-corrected chi connectivity index (χ4v) is 3.03. The summed E-state index contributed by atoms with van der Waals surface area (Å²) in [6.45, 7) is 6.40. The zero-order chi connectivity index (χ0) is 15.0. The Bertz CT molecular complexity index is 762. The van der Waals surface area contributed by atoms with E-state index in [9.17, 15) is 0 Å². The molecule has 0 aliphatic carbocycles. The van der Waals surface area contributed by atoms with Gasteiger partial charge in [-0.1, -0.05) is 45.8 Å². The molecule has 0 aliphatic rings. The molecule has 3 rings (SSSR count). The minimum atomic E-state index is 1.09. The monoisotopic (exact) mass is 340 g/mol. The van der Waals surface area contributed by atoms with E-state index in [0.717, 1.165) is 10.0 Å². The molecular formula is C18H17BrN2. The topological polar surface area (TPSA) is 17.8 Å². The fourth-order valence-electron chi connectivity index (χ4n) is 2.77. The van der Waals surface area contributed by atoms with Gasteiger partial charge in [-0.15, -0.1) is 0 Å². The van der Waals surface area contributed by atoms with E-state index in [1.54, 1.807) is 0 Å². The molecule has 0 atom stereocenters. The van der Waals surface area contributed by atoms with Gasteiger partial charge in [0, 0.05) is 16.2 Å². The van der Waals surface area contributed by atoms with Crippen LogP contribution in [-0.2, 0) is 0 Å². The Morgan fingerprint density at radius 2 is 1.52 bits per heavy atom. The summed E-state index contributed by atoms with van der Waals surface area (Å²) in [5.41, 5.74) is 7.25. The van der Waals surface area contributed by atoms with Gasteiger partial charge in [0.25, 0.3) is 0 Å². The lowest BCUT2D eigenvalue weighted by molar-refractivity contribution is 0.864. The Morgan fingerprint density at radius 3 is 2.14 bits per heavy atom. The van der Waals surface area contributed by atoms with Crippen molar-refractivity contribution in [2.45, 2.75) is 20.8 Å². The van der Waals surface area contributed by atoms with Crippen LogP contribution in [0.2, 0.25) is 0 Å². The van der Waals surface area contributed by atoms with Crippen molar-refractivity contribution in [1.29, 1.82) is 0 Å². The van der Waals surface area contributed by atoms with Crippen LogP contribution in [-0.4, -0.2) is 9.78 Å². The summed E-state index contributed by atoms with van der Waals surface area (Å²) in [5.74, 6) is 0. The van der Waals surface area contributed by atoms with Crippen molar-refractivity contribution in [3.05, 3.63) is 70.0 Å². The minimum absolute atomic E-state index is 1.09. The van der Waals surface area contributed by atoms with Gasteiger partial charge in [0.05, 0.1) is 11.9 Å². The molecule has 2 aromatic carbocycles. The lowest BCUT2D eigenvalue weighted by Crippen LogP contribution is -2.01. The second-order valence-corrected chi connectivity index (χ2v) is 6.34. The number of aryl methyl sites for hydroxylation is 3. The molecule has 3 aromatic rings. The van der Waals surface area contributed by atoms with Crippen molar-refractivity contribution in [3.8, 4) is 16.8 Å². The van der Waals surface area contributed by atoms with Gasteiger partial charge in [-0.25, -0.2) is 4.68 Å². The molecule has 0 saturated heterocycles. The zero-order valence-electron chi connectivity index (χ0n) is 12.4. The lowest BCUT2D eigenvalue weighted by Gasteiger charge is -2.11. The summed E-state index contributed by atoms with van der Waals surface area (Å²) in [7, 11) is 0. The van der Waals surface area contributed by atoms with Gasteiger partial charge in [0.15, 0.2) is 0 Å². The molecule has 0 N–H and O–H groups in total. The first-order valence-electron chi connectivity index (χ1n) is 6.93. The van der Waals surface area contributed by atoms with Crippen LogP contribution in [0.25, 0.3) is 16.8 Å². The van der Waals surface area contributed by atoms with Crippen LogP contribution in [0.1, 0.15) is 16.7 Å². The van der Waals surface area contributed by atoms with E-state index in [4.69, 9.17) is 0 Å². The van der Waals surface area contributed by atoms with Crippen LogP contribution in [0.5, 0.6) is 0 Å². The number of benzene rings is 2. The number of halogens is 1. The Balaban J connectivity index is 2.05. The first-order chi connectivity index (χ1) is 10.0. The molecule has 2 nitrogen and oxygen atoms in total. The summed E-state index contributed by atoms with van der Waals surface area (Å²) >= 11 is 3.46. The Hall–Kier alpha value is -1.87. The predicted molar refractivity (Wildman–Crippen MR) is 90.9 cm³/mol. The highest BCUT2D eigenvalue weighted by Crippen LogP contribution is 2.25. The minimum Gasteiger partial charge on any atom is -0.240 e. The van der Waals surface area contributed by atoms with E-state index in [1.165, 1.54) is 27.9 Å². The average Bonchev–Trinajstić information content (AvgIpc) is 2.87. The number of nitrogens with zero attached hydrogens (tertiary/aromatic N) is 2. The fraction of sp³-hybridized carbons (Fsp3) is 0.167. The first-order valence-corrected chi connectivity index (χ1v) is 7.73. The molecule has 0 saturated carbocycles. The lowest BCUT2D eigenvalue weighted by atomic mass is 10.1. The number of aromatic nitrogens is 2. The Kier molecular flexibility index (Phi) is 3.68. The normalized spacial score (nSPS) is 10.9. The van der Waals surface area contributed by atoms with Gasteiger partial charge in [-0.3, -0.25) is 0 Å². The molecular weight excluding hydrogens is 324 g/mol. The standard InChI is InChI=1S/C18H17BrN2/c1-12-8-13(2)18(14(3)9-12)21-11-16(10-20-21)15-4-6-17(19)7-5-15/h4-11H,1-3H3. The third-order valence-corrected chi connectivity index (χ3v) is 4.15. The van der Waals surface area contributed by atoms with Crippen LogP contribution in [0, 0.1) is 20.8 Å². The number of hydrogen-bond donors (Lipinski definition) is 0. The van der Waals surface area contributed by atoms with E-state index >= 15 is 0 Å². The third-order valence-electron chi connectivity index (χ3n) is 3.62. The first kappa shape index (κ1) is 14.1. The van der Waals surface area contributed by atoms with Gasteiger partial charge < -0.3 is 0 Å². The molecule has 0 bridgehead atoms. The zero-order valence-corrected chi connectivity index (χ0v) is 14.0. The summed E-state index contributed by atoms with van der Waals surface area (Å²) in [6.07, 6.45) is 4.01. The van der Waals surface area contributed by atoms with Crippen molar-refractivity contribution < 1.29 is 0 Å². The molecule has 0 amide bonds. The third kappa shape index (κ3) is 2.79. The molecule has 1 aromatic heterocycles. The summed E-state index contributed by atoms with van der Waals surface area (Å²) in [5, 5.41) is 4.54. The smallest absolute Gasteiger partial charge is 0.0704 e. The van der Waals surface area contributed by atoms with Crippen molar-refractivity contribution >= 4 is 15.9 Å². The van der Waals surface area contributed by atoms with Gasteiger partial charge in [0.2, 0.25) is 0 Å². The predicted octanol–water partition coefficient (Wildman–Crippen LogP) is 5.23. The van der Waals surface area contributed by atoms with E-state index in [0.29, 0.717) is 0 Å². The average molecular weight is 341 g/mol.